The Morgan fingerprint density at radius 2 is 2.25 bits per heavy atom. The Bertz CT molecular complexity index is 738. The fraction of sp³-hybridized carbons (Fsp3) is 0.471. The van der Waals surface area contributed by atoms with E-state index in [1.54, 1.807) is 34.0 Å². The highest BCUT2D eigenvalue weighted by molar-refractivity contribution is 7.08. The van der Waals surface area contributed by atoms with Gasteiger partial charge in [0, 0.05) is 31.6 Å². The highest BCUT2D eigenvalue weighted by Crippen LogP contribution is 2.32. The van der Waals surface area contributed by atoms with Crippen LogP contribution in [0.4, 0.5) is 5.82 Å². The molecule has 0 aliphatic carbocycles. The second-order valence-corrected chi connectivity index (χ2v) is 7.03. The van der Waals surface area contributed by atoms with Crippen molar-refractivity contribution in [3.05, 3.63) is 34.2 Å². The number of aromatic nitrogens is 2. The van der Waals surface area contributed by atoms with Crippen molar-refractivity contribution in [3.8, 4) is 0 Å². The standard InChI is InChI=1S/C17H22N4O2S/c1-4-14-8-15(20(3)19-14)18-16(22)17(23)21-9-13(7-11(21)2)12-5-6-24-10-12/h5-6,8,10-11,13H,4,7,9H2,1-3H3,(H,18,22)/t11-,13+/m0/s1. The summed E-state index contributed by atoms with van der Waals surface area (Å²) < 4.78 is 1.59. The summed E-state index contributed by atoms with van der Waals surface area (Å²) in [6.07, 6.45) is 1.67. The van der Waals surface area contributed by atoms with E-state index in [1.807, 2.05) is 19.2 Å². The minimum Gasteiger partial charge on any atom is -0.331 e. The van der Waals surface area contributed by atoms with Gasteiger partial charge in [0.1, 0.15) is 5.82 Å². The van der Waals surface area contributed by atoms with Crippen LogP contribution in [0.1, 0.15) is 37.4 Å². The third-order valence-electron chi connectivity index (χ3n) is 4.58. The van der Waals surface area contributed by atoms with Crippen molar-refractivity contribution in [1.29, 1.82) is 0 Å². The highest BCUT2D eigenvalue weighted by Gasteiger charge is 2.36. The van der Waals surface area contributed by atoms with Crippen LogP contribution in [0.15, 0.2) is 22.9 Å². The zero-order chi connectivity index (χ0) is 17.3. The Morgan fingerprint density at radius 3 is 2.88 bits per heavy atom. The highest BCUT2D eigenvalue weighted by atomic mass is 32.1. The van der Waals surface area contributed by atoms with Crippen LogP contribution in [0.3, 0.4) is 0 Å². The third-order valence-corrected chi connectivity index (χ3v) is 5.28. The molecule has 128 valence electrons. The minimum atomic E-state index is -0.599. The van der Waals surface area contributed by atoms with Crippen LogP contribution in [-0.4, -0.2) is 39.1 Å². The third kappa shape index (κ3) is 3.21. The van der Waals surface area contributed by atoms with Gasteiger partial charge in [0.15, 0.2) is 0 Å². The smallest absolute Gasteiger partial charge is 0.315 e. The van der Waals surface area contributed by atoms with Crippen molar-refractivity contribution < 1.29 is 9.59 Å². The minimum absolute atomic E-state index is 0.0610. The number of carbonyl (C=O) groups is 2. The fourth-order valence-electron chi connectivity index (χ4n) is 3.18. The lowest BCUT2D eigenvalue weighted by Gasteiger charge is -2.20. The first-order valence-corrected chi connectivity index (χ1v) is 9.10. The lowest BCUT2D eigenvalue weighted by Crippen LogP contribution is -2.41. The Kier molecular flexibility index (Phi) is 4.71. The molecule has 1 aliphatic rings. The number of amides is 2. The number of hydrogen-bond acceptors (Lipinski definition) is 4. The number of nitrogens with one attached hydrogen (secondary N) is 1. The maximum Gasteiger partial charge on any atom is 0.315 e. The number of hydrogen-bond donors (Lipinski definition) is 1. The van der Waals surface area contributed by atoms with Gasteiger partial charge in [-0.15, -0.1) is 0 Å². The van der Waals surface area contributed by atoms with Crippen LogP contribution in [0, 0.1) is 0 Å². The van der Waals surface area contributed by atoms with E-state index in [0.29, 0.717) is 18.3 Å². The van der Waals surface area contributed by atoms with Gasteiger partial charge in [0.2, 0.25) is 0 Å². The molecule has 3 rings (SSSR count). The van der Waals surface area contributed by atoms with E-state index in [2.05, 4.69) is 21.9 Å². The molecule has 24 heavy (non-hydrogen) atoms. The first-order chi connectivity index (χ1) is 11.5. The van der Waals surface area contributed by atoms with Crippen LogP contribution < -0.4 is 5.32 Å². The molecule has 1 N–H and O–H groups in total. The van der Waals surface area contributed by atoms with Crippen LogP contribution in [0.25, 0.3) is 0 Å². The Morgan fingerprint density at radius 1 is 1.46 bits per heavy atom. The second kappa shape index (κ2) is 6.76. The molecule has 2 aromatic heterocycles. The number of thiophene rings is 1. The normalized spacial score (nSPS) is 20.4. The van der Waals surface area contributed by atoms with Gasteiger partial charge in [0.05, 0.1) is 5.69 Å². The summed E-state index contributed by atoms with van der Waals surface area (Å²) in [5, 5.41) is 11.1. The molecule has 1 aliphatic heterocycles. The van der Waals surface area contributed by atoms with Gasteiger partial charge in [-0.3, -0.25) is 14.3 Å². The van der Waals surface area contributed by atoms with Crippen molar-refractivity contribution in [1.82, 2.24) is 14.7 Å². The van der Waals surface area contributed by atoms with E-state index in [1.165, 1.54) is 5.56 Å². The van der Waals surface area contributed by atoms with E-state index in [9.17, 15) is 9.59 Å². The van der Waals surface area contributed by atoms with E-state index >= 15 is 0 Å². The summed E-state index contributed by atoms with van der Waals surface area (Å²) in [4.78, 5) is 26.6. The Labute approximate surface area is 145 Å². The van der Waals surface area contributed by atoms with Gasteiger partial charge < -0.3 is 10.2 Å². The molecule has 6 nitrogen and oxygen atoms in total. The van der Waals surface area contributed by atoms with E-state index in [0.717, 1.165) is 18.5 Å². The molecule has 2 aromatic rings. The molecular weight excluding hydrogens is 324 g/mol. The number of anilines is 1. The molecule has 0 saturated carbocycles. The predicted octanol–water partition coefficient (Wildman–Crippen LogP) is 2.39. The molecule has 2 amide bonds. The van der Waals surface area contributed by atoms with Crippen molar-refractivity contribution in [2.75, 3.05) is 11.9 Å². The molecule has 0 spiro atoms. The summed E-state index contributed by atoms with van der Waals surface area (Å²) in [5.74, 6) is -0.212. The van der Waals surface area contributed by atoms with Crippen LogP contribution >= 0.6 is 11.3 Å². The first-order valence-electron chi connectivity index (χ1n) is 8.16. The average molecular weight is 346 g/mol. The maximum absolute atomic E-state index is 12.5. The SMILES string of the molecule is CCc1cc(NC(=O)C(=O)N2C[C@H](c3ccsc3)C[C@@H]2C)n(C)n1. The maximum atomic E-state index is 12.5. The lowest BCUT2D eigenvalue weighted by atomic mass is 10.00. The summed E-state index contributed by atoms with van der Waals surface area (Å²) >= 11 is 1.66. The monoisotopic (exact) mass is 346 g/mol. The van der Waals surface area contributed by atoms with Crippen molar-refractivity contribution in [2.45, 2.75) is 38.6 Å². The molecule has 0 aromatic carbocycles. The van der Waals surface area contributed by atoms with Crippen molar-refractivity contribution >= 4 is 29.0 Å². The predicted molar refractivity (Wildman–Crippen MR) is 94.1 cm³/mol. The van der Waals surface area contributed by atoms with Gasteiger partial charge in [-0.1, -0.05) is 6.92 Å². The van der Waals surface area contributed by atoms with Crippen LogP contribution in [0.2, 0.25) is 0 Å². The van der Waals surface area contributed by atoms with Gasteiger partial charge in [-0.25, -0.2) is 0 Å². The zero-order valence-electron chi connectivity index (χ0n) is 14.2. The molecule has 1 fully saturated rings. The summed E-state index contributed by atoms with van der Waals surface area (Å²) in [5.41, 5.74) is 2.13. The number of likely N-dealkylation sites (tertiary alicyclic amines) is 1. The quantitative estimate of drug-likeness (QED) is 0.868. The average Bonchev–Trinajstić information content (AvgIpc) is 3.27. The number of carbonyl (C=O) groups excluding carboxylic acids is 2. The second-order valence-electron chi connectivity index (χ2n) is 6.25. The Hall–Kier alpha value is -2.15. The number of aryl methyl sites for hydroxylation is 2. The molecule has 3 heterocycles. The molecular formula is C17H22N4O2S. The van der Waals surface area contributed by atoms with Gasteiger partial charge in [-0.05, 0) is 42.2 Å². The zero-order valence-corrected chi connectivity index (χ0v) is 15.0. The fourth-order valence-corrected chi connectivity index (χ4v) is 3.92. The van der Waals surface area contributed by atoms with E-state index < -0.39 is 11.8 Å². The van der Waals surface area contributed by atoms with Crippen LogP contribution in [-0.2, 0) is 23.1 Å². The summed E-state index contributed by atoms with van der Waals surface area (Å²) in [6.45, 7) is 4.59. The molecule has 0 radical (unpaired) electrons. The van der Waals surface area contributed by atoms with Crippen molar-refractivity contribution in [3.63, 3.8) is 0 Å². The van der Waals surface area contributed by atoms with E-state index in [-0.39, 0.29) is 6.04 Å². The molecule has 2 atom stereocenters. The van der Waals surface area contributed by atoms with Crippen LogP contribution in [0.5, 0.6) is 0 Å². The lowest BCUT2D eigenvalue weighted by molar-refractivity contribution is -0.143. The molecule has 7 heteroatoms. The number of rotatable bonds is 3. The molecule has 1 saturated heterocycles. The molecule has 0 unspecified atom stereocenters. The van der Waals surface area contributed by atoms with Crippen molar-refractivity contribution in [2.24, 2.45) is 7.05 Å². The summed E-state index contributed by atoms with van der Waals surface area (Å²) in [7, 11) is 1.75. The van der Waals surface area contributed by atoms with E-state index in [4.69, 9.17) is 0 Å². The number of nitrogens with zero attached hydrogens (tertiary/aromatic N) is 3. The molecule has 0 bridgehead atoms. The van der Waals surface area contributed by atoms with Gasteiger partial charge in [-0.2, -0.15) is 16.4 Å². The topological polar surface area (TPSA) is 67.2 Å². The largest absolute Gasteiger partial charge is 0.331 e. The first kappa shape index (κ1) is 16.7. The summed E-state index contributed by atoms with van der Waals surface area (Å²) in [6, 6.07) is 3.95. The Balaban J connectivity index is 1.67. The van der Waals surface area contributed by atoms with Gasteiger partial charge in [0.25, 0.3) is 0 Å². The van der Waals surface area contributed by atoms with Gasteiger partial charge >= 0.3 is 11.8 Å².